The van der Waals surface area contributed by atoms with Crippen LogP contribution in [0.3, 0.4) is 0 Å². The Morgan fingerprint density at radius 1 is 1.13 bits per heavy atom. The molecule has 0 atom stereocenters. The van der Waals surface area contributed by atoms with E-state index in [4.69, 9.17) is 11.6 Å². The highest BCUT2D eigenvalue weighted by molar-refractivity contribution is 7.89. The first kappa shape index (κ1) is 22.5. The highest BCUT2D eigenvalue weighted by atomic mass is 35.5. The van der Waals surface area contributed by atoms with E-state index in [0.29, 0.717) is 5.56 Å². The van der Waals surface area contributed by atoms with Crippen molar-refractivity contribution in [1.82, 2.24) is 14.2 Å². The zero-order valence-corrected chi connectivity index (χ0v) is 18.5. The van der Waals surface area contributed by atoms with Crippen molar-refractivity contribution < 1.29 is 17.6 Å². The van der Waals surface area contributed by atoms with Gasteiger partial charge in [0.05, 0.1) is 15.5 Å². The number of anilines is 1. The normalized spacial score (nSPS) is 15.3. The van der Waals surface area contributed by atoms with Crippen LogP contribution in [0.15, 0.2) is 41.4 Å². The lowest BCUT2D eigenvalue weighted by Gasteiger charge is -2.34. The number of sulfonamides is 1. The van der Waals surface area contributed by atoms with Gasteiger partial charge in [-0.25, -0.2) is 17.8 Å². The van der Waals surface area contributed by atoms with Gasteiger partial charge in [-0.15, -0.1) is 0 Å². The number of hydrogen-bond donors (Lipinski definition) is 0. The Hall–Kier alpha value is -2.23. The molecule has 1 aromatic carbocycles. The lowest BCUT2D eigenvalue weighted by Crippen LogP contribution is -2.50. The number of benzene rings is 1. The minimum absolute atomic E-state index is 0.0649. The third-order valence-corrected chi connectivity index (χ3v) is 7.32. The van der Waals surface area contributed by atoms with E-state index in [0.717, 1.165) is 31.0 Å². The average molecular weight is 455 g/mol. The fraction of sp³-hybridized carbons (Fsp3) is 0.400. The molecule has 2 heterocycles. The number of rotatable bonds is 6. The maximum absolute atomic E-state index is 13.3. The van der Waals surface area contributed by atoms with E-state index >= 15 is 0 Å². The van der Waals surface area contributed by atoms with Crippen molar-refractivity contribution in [3.05, 3.63) is 52.9 Å². The van der Waals surface area contributed by atoms with E-state index in [1.54, 1.807) is 17.2 Å². The second-order valence-electron chi connectivity index (χ2n) is 6.85. The second-order valence-corrected chi connectivity index (χ2v) is 9.19. The molecule has 2 aromatic rings. The number of carbonyl (C=O) groups is 1. The molecule has 7 nitrogen and oxygen atoms in total. The Morgan fingerprint density at radius 2 is 1.80 bits per heavy atom. The minimum Gasteiger partial charge on any atom is -0.357 e. The standard InChI is InChI=1S/C20H24ClFN4O3S/c1-3-24(4-2)19-8-5-15(14-23-19)20(27)25-9-11-26(12-10-25)30(28,29)16-6-7-18(22)17(21)13-16/h5-8,13-14H,3-4,9-12H2,1-2H3. The maximum atomic E-state index is 13.3. The average Bonchev–Trinajstić information content (AvgIpc) is 2.76. The van der Waals surface area contributed by atoms with Crippen molar-refractivity contribution >= 4 is 33.3 Å². The predicted octanol–water partition coefficient (Wildman–Crippen LogP) is 2.87. The van der Waals surface area contributed by atoms with E-state index in [1.807, 2.05) is 19.9 Å². The molecule has 1 amide bonds. The number of halogens is 2. The van der Waals surface area contributed by atoms with Gasteiger partial charge in [-0.3, -0.25) is 4.79 Å². The van der Waals surface area contributed by atoms with Crippen molar-refractivity contribution in [3.8, 4) is 0 Å². The zero-order valence-electron chi connectivity index (χ0n) is 16.9. The molecule has 0 unspecified atom stereocenters. The number of amides is 1. The van der Waals surface area contributed by atoms with Gasteiger partial charge in [0.1, 0.15) is 11.6 Å². The highest BCUT2D eigenvalue weighted by Crippen LogP contribution is 2.23. The molecule has 1 fully saturated rings. The molecule has 1 aliphatic heterocycles. The van der Waals surface area contributed by atoms with Crippen LogP contribution < -0.4 is 4.90 Å². The van der Waals surface area contributed by atoms with Crippen molar-refractivity contribution in [1.29, 1.82) is 0 Å². The first-order valence-electron chi connectivity index (χ1n) is 9.73. The largest absolute Gasteiger partial charge is 0.357 e. The van der Waals surface area contributed by atoms with Crippen molar-refractivity contribution in [2.75, 3.05) is 44.2 Å². The molecule has 1 aliphatic rings. The molecule has 1 aromatic heterocycles. The van der Waals surface area contributed by atoms with Gasteiger partial charge >= 0.3 is 0 Å². The van der Waals surface area contributed by atoms with Crippen LogP contribution in [0.5, 0.6) is 0 Å². The summed E-state index contributed by atoms with van der Waals surface area (Å²) >= 11 is 5.72. The minimum atomic E-state index is -3.81. The summed E-state index contributed by atoms with van der Waals surface area (Å²) < 4.78 is 40.2. The van der Waals surface area contributed by atoms with Crippen LogP contribution in [-0.4, -0.2) is 67.8 Å². The van der Waals surface area contributed by atoms with Gasteiger partial charge in [0.25, 0.3) is 5.91 Å². The van der Waals surface area contributed by atoms with E-state index in [2.05, 4.69) is 9.88 Å². The molecule has 162 valence electrons. The van der Waals surface area contributed by atoms with Gasteiger partial charge in [0, 0.05) is 45.5 Å². The summed E-state index contributed by atoms with van der Waals surface area (Å²) in [6, 6.07) is 6.89. The Balaban J connectivity index is 1.66. The predicted molar refractivity (Wildman–Crippen MR) is 114 cm³/mol. The molecule has 10 heteroatoms. The van der Waals surface area contributed by atoms with Crippen molar-refractivity contribution in [3.63, 3.8) is 0 Å². The summed E-state index contributed by atoms with van der Waals surface area (Å²) in [6.45, 7) is 6.53. The topological polar surface area (TPSA) is 73.8 Å². The van der Waals surface area contributed by atoms with E-state index < -0.39 is 15.8 Å². The van der Waals surface area contributed by atoms with Crippen LogP contribution in [0.1, 0.15) is 24.2 Å². The van der Waals surface area contributed by atoms with Crippen LogP contribution in [-0.2, 0) is 10.0 Å². The van der Waals surface area contributed by atoms with Gasteiger partial charge in [-0.1, -0.05) is 11.6 Å². The molecule has 0 N–H and O–H groups in total. The smallest absolute Gasteiger partial charge is 0.255 e. The number of piperazine rings is 1. The number of pyridine rings is 1. The Kier molecular flexibility index (Phi) is 6.95. The van der Waals surface area contributed by atoms with Crippen LogP contribution in [0.4, 0.5) is 10.2 Å². The van der Waals surface area contributed by atoms with E-state index in [-0.39, 0.29) is 42.0 Å². The van der Waals surface area contributed by atoms with Crippen LogP contribution >= 0.6 is 11.6 Å². The number of aromatic nitrogens is 1. The molecule has 1 saturated heterocycles. The van der Waals surface area contributed by atoms with Gasteiger partial charge < -0.3 is 9.80 Å². The monoisotopic (exact) mass is 454 g/mol. The van der Waals surface area contributed by atoms with Crippen LogP contribution in [0, 0.1) is 5.82 Å². The fourth-order valence-corrected chi connectivity index (χ4v) is 5.04. The quantitative estimate of drug-likeness (QED) is 0.671. The summed E-state index contributed by atoms with van der Waals surface area (Å²) in [5, 5.41) is -0.245. The molecule has 30 heavy (non-hydrogen) atoms. The molecule has 0 aliphatic carbocycles. The molecule has 0 radical (unpaired) electrons. The first-order valence-corrected chi connectivity index (χ1v) is 11.5. The summed E-state index contributed by atoms with van der Waals surface area (Å²) in [6.07, 6.45) is 1.56. The molecule has 0 bridgehead atoms. The van der Waals surface area contributed by atoms with Gasteiger partial charge in [0.2, 0.25) is 10.0 Å². The Bertz CT molecular complexity index is 1010. The molecular weight excluding hydrogens is 431 g/mol. The lowest BCUT2D eigenvalue weighted by molar-refractivity contribution is 0.0697. The molecule has 3 rings (SSSR count). The summed E-state index contributed by atoms with van der Waals surface area (Å²) in [5.74, 6) is -0.0486. The summed E-state index contributed by atoms with van der Waals surface area (Å²) in [7, 11) is -3.81. The van der Waals surface area contributed by atoms with Gasteiger partial charge in [-0.2, -0.15) is 4.31 Å². The van der Waals surface area contributed by atoms with Crippen LogP contribution in [0.2, 0.25) is 5.02 Å². The first-order chi connectivity index (χ1) is 14.3. The number of nitrogens with zero attached hydrogens (tertiary/aromatic N) is 4. The summed E-state index contributed by atoms with van der Waals surface area (Å²) in [5.41, 5.74) is 0.465. The van der Waals surface area contributed by atoms with Gasteiger partial charge in [-0.05, 0) is 44.2 Å². The Morgan fingerprint density at radius 3 is 2.33 bits per heavy atom. The SMILES string of the molecule is CCN(CC)c1ccc(C(=O)N2CCN(S(=O)(=O)c3ccc(F)c(Cl)c3)CC2)cn1. The number of hydrogen-bond acceptors (Lipinski definition) is 5. The van der Waals surface area contributed by atoms with E-state index in [1.165, 1.54) is 10.4 Å². The fourth-order valence-electron chi connectivity index (χ4n) is 3.35. The maximum Gasteiger partial charge on any atom is 0.255 e. The Labute approximate surface area is 181 Å². The zero-order chi connectivity index (χ0) is 21.9. The number of carbonyl (C=O) groups excluding carboxylic acids is 1. The highest BCUT2D eigenvalue weighted by Gasteiger charge is 2.31. The molecular formula is C20H24ClFN4O3S. The third kappa shape index (κ3) is 4.58. The van der Waals surface area contributed by atoms with Crippen molar-refractivity contribution in [2.45, 2.75) is 18.7 Å². The van der Waals surface area contributed by atoms with E-state index in [9.17, 15) is 17.6 Å². The summed E-state index contributed by atoms with van der Waals surface area (Å²) in [4.78, 5) is 20.8. The molecule has 0 spiro atoms. The second kappa shape index (κ2) is 9.28. The lowest BCUT2D eigenvalue weighted by atomic mass is 10.2. The third-order valence-electron chi connectivity index (χ3n) is 5.14. The van der Waals surface area contributed by atoms with Crippen molar-refractivity contribution in [2.24, 2.45) is 0 Å². The van der Waals surface area contributed by atoms with Gasteiger partial charge in [0.15, 0.2) is 0 Å². The van der Waals surface area contributed by atoms with Crippen LogP contribution in [0.25, 0.3) is 0 Å². The molecule has 0 saturated carbocycles.